The number of carbonyl (C=O) groups excluding carboxylic acids is 4. The van der Waals surface area contributed by atoms with Gasteiger partial charge in [0, 0.05) is 53.7 Å². The number of benzene rings is 2. The number of ether oxygens (including phenoxy) is 3. The summed E-state index contributed by atoms with van der Waals surface area (Å²) in [7, 11) is 0. The summed E-state index contributed by atoms with van der Waals surface area (Å²) in [5, 5.41) is 29.8. The number of likely N-dealkylation sites (tertiary alicyclic amines) is 1. The van der Waals surface area contributed by atoms with Crippen LogP contribution in [0, 0.1) is 33.1 Å². The molecule has 0 bridgehead atoms. The number of hydrogen-bond donors (Lipinski definition) is 4. The number of carbonyl (C=O) groups is 4. The minimum Gasteiger partial charge on any atom is -0.391 e. The molecule has 4 N–H and O–H groups in total. The van der Waals surface area contributed by atoms with Gasteiger partial charge in [-0.05, 0) is 74.8 Å². The Bertz CT molecular complexity index is 2680. The number of aliphatic imine (C=N–C) groups is 1. The van der Waals surface area contributed by atoms with E-state index in [1.807, 2.05) is 93.2 Å². The van der Waals surface area contributed by atoms with Crippen LogP contribution in [0.1, 0.15) is 97.0 Å². The Morgan fingerprint density at radius 1 is 0.873 bits per heavy atom. The molecule has 0 aliphatic carbocycles. The zero-order chi connectivity index (χ0) is 50.8. The van der Waals surface area contributed by atoms with E-state index in [1.165, 1.54) is 9.78 Å². The molecule has 1 unspecified atom stereocenters. The number of aliphatic hydroxyl groups is 1. The van der Waals surface area contributed by atoms with Crippen LogP contribution in [0.25, 0.3) is 15.4 Å². The maximum atomic E-state index is 14.0. The number of fused-ring (bicyclic) bond motifs is 3. The highest BCUT2D eigenvalue weighted by Crippen LogP contribution is 2.40. The predicted octanol–water partition coefficient (Wildman–Crippen LogP) is 6.38. The van der Waals surface area contributed by atoms with Crippen molar-refractivity contribution < 1.29 is 38.5 Å². The molecule has 5 heterocycles. The van der Waals surface area contributed by atoms with E-state index < -0.39 is 41.5 Å². The topological polar surface area (TPSA) is 211 Å². The minimum atomic E-state index is -0.972. The van der Waals surface area contributed by atoms with Crippen LogP contribution < -0.4 is 16.0 Å². The van der Waals surface area contributed by atoms with Crippen LogP contribution in [-0.2, 0) is 39.9 Å². The molecule has 2 aromatic carbocycles. The lowest BCUT2D eigenvalue weighted by atomic mass is 9.85. The first-order chi connectivity index (χ1) is 34.0. The SMILES string of the molecule is Cc1ncsc1-c1ccc(CNC(=O)[C@@H]2C[C@@H](O)CN2C(=O)C(NC(=O)COCCOCCOCCCCNC(=O)C[C@@H]2N=C(c3ccc(Cl)cc3)c3c(sc(C)c3C)-n3c(C)nnc32)C(C)(C)C)cc1. The molecule has 2 aliphatic rings. The average Bonchev–Trinajstić information content (AvgIpc) is 4.11. The van der Waals surface area contributed by atoms with Gasteiger partial charge in [0.15, 0.2) is 5.82 Å². The molecular formula is C51H64ClN9O8S2. The fourth-order valence-corrected chi connectivity index (χ4v) is 10.7. The fraction of sp³-hybridized carbons (Fsp3) is 0.490. The van der Waals surface area contributed by atoms with Crippen molar-refractivity contribution in [3.63, 3.8) is 0 Å². The third kappa shape index (κ3) is 13.6. The second kappa shape index (κ2) is 24.3. The molecule has 1 saturated heterocycles. The Morgan fingerprint density at radius 2 is 1.56 bits per heavy atom. The van der Waals surface area contributed by atoms with Gasteiger partial charge in [0.05, 0.1) is 60.7 Å². The van der Waals surface area contributed by atoms with Crippen molar-refractivity contribution in [2.24, 2.45) is 10.4 Å². The normalized spacial score (nSPS) is 17.0. The lowest BCUT2D eigenvalue weighted by Gasteiger charge is -2.35. The molecular weight excluding hydrogens is 966 g/mol. The molecule has 2 aliphatic heterocycles. The number of unbranched alkanes of at least 4 members (excludes halogenated alkanes) is 1. The van der Waals surface area contributed by atoms with Gasteiger partial charge in [0.2, 0.25) is 23.6 Å². The number of nitrogens with zero attached hydrogens (tertiary/aromatic N) is 6. The van der Waals surface area contributed by atoms with Gasteiger partial charge >= 0.3 is 0 Å². The zero-order valence-electron chi connectivity index (χ0n) is 41.4. The highest BCUT2D eigenvalue weighted by atomic mass is 35.5. The quantitative estimate of drug-likeness (QED) is 0.0559. The minimum absolute atomic E-state index is 0.0212. The predicted molar refractivity (Wildman–Crippen MR) is 274 cm³/mol. The molecule has 0 saturated carbocycles. The summed E-state index contributed by atoms with van der Waals surface area (Å²) >= 11 is 9.47. The van der Waals surface area contributed by atoms with E-state index >= 15 is 0 Å². The lowest BCUT2D eigenvalue weighted by molar-refractivity contribution is -0.144. The van der Waals surface area contributed by atoms with E-state index in [0.717, 1.165) is 67.8 Å². The van der Waals surface area contributed by atoms with E-state index in [4.69, 9.17) is 30.8 Å². The van der Waals surface area contributed by atoms with Gasteiger partial charge in [-0.25, -0.2) is 4.98 Å². The van der Waals surface area contributed by atoms with Crippen LogP contribution in [0.4, 0.5) is 0 Å². The van der Waals surface area contributed by atoms with Gasteiger partial charge in [-0.3, -0.25) is 28.7 Å². The van der Waals surface area contributed by atoms with E-state index in [-0.39, 0.29) is 57.6 Å². The smallest absolute Gasteiger partial charge is 0.246 e. The van der Waals surface area contributed by atoms with Crippen molar-refractivity contribution in [3.8, 4) is 15.4 Å². The first kappa shape index (κ1) is 53.4. The van der Waals surface area contributed by atoms with Crippen LogP contribution in [0.5, 0.6) is 0 Å². The van der Waals surface area contributed by atoms with Gasteiger partial charge in [-0.1, -0.05) is 68.8 Å². The number of hydrogen-bond acceptors (Lipinski definition) is 14. The summed E-state index contributed by atoms with van der Waals surface area (Å²) in [6, 6.07) is 13.0. The lowest BCUT2D eigenvalue weighted by Crippen LogP contribution is -2.58. The monoisotopic (exact) mass is 1030 g/mol. The zero-order valence-corrected chi connectivity index (χ0v) is 43.8. The maximum absolute atomic E-state index is 14.0. The number of amides is 4. The highest BCUT2D eigenvalue weighted by molar-refractivity contribution is 7.15. The number of halogens is 1. The summed E-state index contributed by atoms with van der Waals surface area (Å²) in [4.78, 5) is 66.8. The van der Waals surface area contributed by atoms with Crippen molar-refractivity contribution in [1.29, 1.82) is 0 Å². The second-order valence-electron chi connectivity index (χ2n) is 18.9. The molecule has 4 amide bonds. The summed E-state index contributed by atoms with van der Waals surface area (Å²) in [6.45, 7) is 15.5. The van der Waals surface area contributed by atoms with Crippen LogP contribution in [0.2, 0.25) is 5.02 Å². The van der Waals surface area contributed by atoms with Crippen LogP contribution in [-0.4, -0.2) is 130 Å². The molecule has 1 fully saturated rings. The molecule has 0 radical (unpaired) electrons. The Hall–Kier alpha value is -5.41. The third-order valence-corrected chi connectivity index (χ3v) is 14.9. The number of aliphatic hydroxyl groups excluding tert-OH is 1. The number of thiazole rings is 1. The Kier molecular flexibility index (Phi) is 18.3. The molecule has 7 rings (SSSR count). The fourth-order valence-electron chi connectivity index (χ4n) is 8.52. The Morgan fingerprint density at radius 3 is 2.25 bits per heavy atom. The number of aromatic nitrogens is 4. The number of β-amino-alcohol motifs (C(OH)–C–C–N with tert-alkyl or cyclic N) is 1. The van der Waals surface area contributed by atoms with Gasteiger partial charge in [-0.2, -0.15) is 0 Å². The molecule has 380 valence electrons. The summed E-state index contributed by atoms with van der Waals surface area (Å²) < 4.78 is 18.9. The maximum Gasteiger partial charge on any atom is 0.246 e. The van der Waals surface area contributed by atoms with E-state index in [9.17, 15) is 24.3 Å². The molecule has 4 atom stereocenters. The molecule has 0 spiro atoms. The second-order valence-corrected chi connectivity index (χ2v) is 21.4. The van der Waals surface area contributed by atoms with Gasteiger partial charge < -0.3 is 40.2 Å². The van der Waals surface area contributed by atoms with Gasteiger partial charge in [-0.15, -0.1) is 32.9 Å². The number of aryl methyl sites for hydroxylation is 3. The first-order valence-electron chi connectivity index (χ1n) is 23.9. The summed E-state index contributed by atoms with van der Waals surface area (Å²) in [5.74, 6) is -0.0805. The van der Waals surface area contributed by atoms with Crippen molar-refractivity contribution in [3.05, 3.63) is 104 Å². The highest BCUT2D eigenvalue weighted by Gasteiger charge is 2.44. The molecule has 5 aromatic rings. The van der Waals surface area contributed by atoms with E-state index in [2.05, 4.69) is 45.0 Å². The standard InChI is InChI=1S/C51H64ClN9O8S2/c1-30-32(3)71-50-43(30)44(35-14-16-37(52)17-15-35)56-39(47-59-58-33(4)61(47)50)25-41(63)53-18-8-9-19-67-20-21-68-22-23-69-28-42(64)57-46(51(5,6)7)49(66)60-27-38(62)24-40(60)48(65)54-26-34-10-12-36(13-11-34)45-31(2)55-29-70-45/h10-17,29,38-40,46,62H,8-9,18-28H2,1-7H3,(H,53,63)(H,54,65)(H,57,64)/t38-,39+,40+,46?/m1/s1. The average molecular weight is 1030 g/mol. The van der Waals surface area contributed by atoms with Crippen LogP contribution in [0.3, 0.4) is 0 Å². The van der Waals surface area contributed by atoms with Gasteiger partial charge in [0.25, 0.3) is 0 Å². The summed E-state index contributed by atoms with van der Waals surface area (Å²) in [6.07, 6.45) is 0.788. The van der Waals surface area contributed by atoms with E-state index in [1.54, 1.807) is 22.7 Å². The summed E-state index contributed by atoms with van der Waals surface area (Å²) in [5.41, 5.74) is 7.86. The van der Waals surface area contributed by atoms with E-state index in [0.29, 0.717) is 37.2 Å². The Labute approximate surface area is 427 Å². The van der Waals surface area contributed by atoms with Crippen molar-refractivity contribution in [1.82, 2.24) is 40.6 Å². The molecule has 20 heteroatoms. The van der Waals surface area contributed by atoms with Crippen LogP contribution >= 0.6 is 34.3 Å². The van der Waals surface area contributed by atoms with Crippen molar-refractivity contribution in [2.75, 3.05) is 52.7 Å². The largest absolute Gasteiger partial charge is 0.391 e. The first-order valence-corrected chi connectivity index (χ1v) is 26.0. The Balaban J connectivity index is 0.766. The van der Waals surface area contributed by atoms with Crippen molar-refractivity contribution in [2.45, 2.75) is 105 Å². The number of thiophene rings is 1. The third-order valence-electron chi connectivity index (χ3n) is 12.5. The number of nitrogens with one attached hydrogen (secondary N) is 3. The van der Waals surface area contributed by atoms with Crippen molar-refractivity contribution >= 4 is 63.6 Å². The molecule has 17 nitrogen and oxygen atoms in total. The van der Waals surface area contributed by atoms with Gasteiger partial charge in [0.1, 0.15) is 35.6 Å². The molecule has 71 heavy (non-hydrogen) atoms. The number of rotatable bonds is 22. The van der Waals surface area contributed by atoms with Crippen LogP contribution in [0.15, 0.2) is 59.0 Å². The molecule has 3 aromatic heterocycles.